The number of rotatable bonds is 4. The lowest BCUT2D eigenvalue weighted by Crippen LogP contribution is -2.50. The zero-order chi connectivity index (χ0) is 25.7. The van der Waals surface area contributed by atoms with Gasteiger partial charge in [0.1, 0.15) is 0 Å². The number of hydrogen-bond acceptors (Lipinski definition) is 5. The lowest BCUT2D eigenvalue weighted by Gasteiger charge is -2.43. The Bertz CT molecular complexity index is 1440. The fraction of sp³-hybridized carbons (Fsp3) is 0.370. The number of aliphatic imine (C=N–C) groups is 1. The number of amidine groups is 1. The Balaban J connectivity index is 1.21. The van der Waals surface area contributed by atoms with E-state index < -0.39 is 11.7 Å². The number of thioether (sulfide) groups is 1. The molecule has 4 fully saturated rings. The number of piperidine rings is 3. The molecule has 37 heavy (non-hydrogen) atoms. The fourth-order valence-corrected chi connectivity index (χ4v) is 6.32. The van der Waals surface area contributed by atoms with E-state index in [0.29, 0.717) is 21.6 Å². The van der Waals surface area contributed by atoms with E-state index in [9.17, 15) is 18.0 Å². The van der Waals surface area contributed by atoms with Crippen LogP contribution in [0.1, 0.15) is 35.1 Å². The number of aromatic nitrogens is 2. The summed E-state index contributed by atoms with van der Waals surface area (Å²) in [6.45, 7) is 4.90. The van der Waals surface area contributed by atoms with Crippen molar-refractivity contribution in [3.05, 3.63) is 69.8 Å². The van der Waals surface area contributed by atoms with Gasteiger partial charge in [0.15, 0.2) is 5.17 Å². The third-order valence-electron chi connectivity index (χ3n) is 7.41. The van der Waals surface area contributed by atoms with Crippen molar-refractivity contribution in [1.82, 2.24) is 20.0 Å². The van der Waals surface area contributed by atoms with Crippen LogP contribution in [0, 0.1) is 12.8 Å². The van der Waals surface area contributed by atoms with E-state index in [2.05, 4.69) is 15.3 Å². The van der Waals surface area contributed by atoms with E-state index in [4.69, 9.17) is 4.99 Å². The van der Waals surface area contributed by atoms with Gasteiger partial charge >= 0.3 is 6.18 Å². The molecular weight excluding hydrogens is 499 g/mol. The monoisotopic (exact) mass is 525 g/mol. The molecule has 2 bridgehead atoms. The summed E-state index contributed by atoms with van der Waals surface area (Å²) in [5, 5.41) is 8.69. The highest BCUT2D eigenvalue weighted by Crippen LogP contribution is 2.34. The highest BCUT2D eigenvalue weighted by molar-refractivity contribution is 8.18. The van der Waals surface area contributed by atoms with Crippen molar-refractivity contribution in [2.45, 2.75) is 38.5 Å². The van der Waals surface area contributed by atoms with Crippen molar-refractivity contribution in [2.75, 3.05) is 19.6 Å². The van der Waals surface area contributed by atoms with Crippen LogP contribution in [0.2, 0.25) is 0 Å². The molecule has 3 aromatic rings. The van der Waals surface area contributed by atoms with Gasteiger partial charge in [0, 0.05) is 11.9 Å². The number of fused-ring (bicyclic) bond motifs is 4. The van der Waals surface area contributed by atoms with E-state index in [0.717, 1.165) is 48.9 Å². The maximum Gasteiger partial charge on any atom is 0.416 e. The molecule has 1 amide bonds. The average molecular weight is 526 g/mol. The molecule has 0 unspecified atom stereocenters. The number of carbonyl (C=O) groups is 1. The number of benzene rings is 2. The van der Waals surface area contributed by atoms with Gasteiger partial charge in [-0.3, -0.25) is 14.5 Å². The molecule has 10 heteroatoms. The van der Waals surface area contributed by atoms with Crippen LogP contribution < -0.4 is 5.32 Å². The van der Waals surface area contributed by atoms with E-state index in [1.807, 2.05) is 24.3 Å². The zero-order valence-corrected chi connectivity index (χ0v) is 21.1. The third-order valence-corrected chi connectivity index (χ3v) is 8.33. The van der Waals surface area contributed by atoms with E-state index >= 15 is 0 Å². The van der Waals surface area contributed by atoms with E-state index in [1.54, 1.807) is 23.9 Å². The summed E-state index contributed by atoms with van der Waals surface area (Å²) < 4.78 is 42.3. The minimum Gasteiger partial charge on any atom is -0.301 e. The predicted octanol–water partition coefficient (Wildman–Crippen LogP) is 5.07. The molecule has 1 N–H and O–H groups in total. The van der Waals surface area contributed by atoms with Crippen molar-refractivity contribution in [3.63, 3.8) is 0 Å². The number of amides is 1. The van der Waals surface area contributed by atoms with Gasteiger partial charge in [0.25, 0.3) is 5.91 Å². The topological polar surface area (TPSA) is 62.5 Å². The molecule has 1 atom stereocenters. The molecule has 4 aliphatic heterocycles. The van der Waals surface area contributed by atoms with Gasteiger partial charge in [0.05, 0.1) is 34.8 Å². The Labute approximate surface area is 216 Å². The van der Waals surface area contributed by atoms with Crippen LogP contribution in [0.25, 0.3) is 17.0 Å². The van der Waals surface area contributed by atoms with Crippen molar-refractivity contribution in [1.29, 1.82) is 0 Å². The second-order valence-corrected chi connectivity index (χ2v) is 11.0. The van der Waals surface area contributed by atoms with Gasteiger partial charge < -0.3 is 10.2 Å². The summed E-state index contributed by atoms with van der Waals surface area (Å²) in [6.07, 6.45) is 1.36. The van der Waals surface area contributed by atoms with Gasteiger partial charge in [-0.1, -0.05) is 23.8 Å². The molecule has 6 nitrogen and oxygen atoms in total. The molecule has 2 aromatic carbocycles. The van der Waals surface area contributed by atoms with Crippen LogP contribution >= 0.6 is 11.8 Å². The lowest BCUT2D eigenvalue weighted by atomic mass is 9.84. The van der Waals surface area contributed by atoms with Crippen LogP contribution in [0.15, 0.2) is 52.5 Å². The van der Waals surface area contributed by atoms with Crippen molar-refractivity contribution >= 4 is 39.8 Å². The number of nitrogens with zero attached hydrogens (tertiary/aromatic N) is 4. The van der Waals surface area contributed by atoms with E-state index in [-0.39, 0.29) is 24.1 Å². The quantitative estimate of drug-likeness (QED) is 0.484. The second-order valence-electron chi connectivity index (χ2n) is 9.98. The number of nitrogens with one attached hydrogen (secondary N) is 1. The molecule has 0 radical (unpaired) electrons. The first-order valence-corrected chi connectivity index (χ1v) is 13.2. The van der Waals surface area contributed by atoms with Crippen LogP contribution in [-0.4, -0.2) is 51.4 Å². The summed E-state index contributed by atoms with van der Waals surface area (Å²) >= 11 is 1.36. The second kappa shape index (κ2) is 9.33. The summed E-state index contributed by atoms with van der Waals surface area (Å²) in [5.41, 5.74) is 1.63. The van der Waals surface area contributed by atoms with Gasteiger partial charge in [-0.2, -0.15) is 18.3 Å². The summed E-state index contributed by atoms with van der Waals surface area (Å²) in [4.78, 5) is 20.5. The normalized spacial score (nSPS) is 25.9. The Morgan fingerprint density at radius 1 is 1.19 bits per heavy atom. The summed E-state index contributed by atoms with van der Waals surface area (Å²) in [7, 11) is 0. The van der Waals surface area contributed by atoms with Crippen LogP contribution in [-0.2, 0) is 17.5 Å². The van der Waals surface area contributed by atoms with Gasteiger partial charge in [-0.25, -0.2) is 0 Å². The van der Waals surface area contributed by atoms with Gasteiger partial charge in [0.2, 0.25) is 0 Å². The number of carbonyl (C=O) groups excluding carboxylic acids is 1. The van der Waals surface area contributed by atoms with Gasteiger partial charge in [-0.15, -0.1) is 0 Å². The molecule has 5 heterocycles. The standard InChI is InChI=1S/C27H26F3N5OS/c1-16-2-4-19(21(10-16)27(28,29)30)14-35-23-5-3-17(11-20(23)13-31-35)12-24-25(36)33-26(37-24)32-22-15-34-8-6-18(22)7-9-34/h2-5,10-13,18,22H,6-9,14-15H2,1H3,(H,32,33,36)/b24-12-/t22-/m0/s1. The Morgan fingerprint density at radius 2 is 2.00 bits per heavy atom. The maximum atomic E-state index is 13.6. The van der Waals surface area contributed by atoms with Crippen LogP contribution in [0.4, 0.5) is 13.2 Å². The molecule has 0 saturated carbocycles. The van der Waals surface area contributed by atoms with Gasteiger partial charge in [-0.05, 0) is 85.9 Å². The molecule has 4 aliphatic rings. The first-order chi connectivity index (χ1) is 17.7. The van der Waals surface area contributed by atoms with Crippen LogP contribution in [0.3, 0.4) is 0 Å². The van der Waals surface area contributed by atoms with Crippen LogP contribution in [0.5, 0.6) is 0 Å². The minimum atomic E-state index is -4.43. The van der Waals surface area contributed by atoms with Crippen molar-refractivity contribution in [3.8, 4) is 0 Å². The highest BCUT2D eigenvalue weighted by atomic mass is 32.2. The lowest BCUT2D eigenvalue weighted by molar-refractivity contribution is -0.138. The molecule has 192 valence electrons. The SMILES string of the molecule is Cc1ccc(Cn2ncc3cc(/C=C4\SC(=N[C@H]5CN6CCC5CC6)NC4=O)ccc32)c(C(F)(F)F)c1. The molecule has 7 rings (SSSR count). The Hall–Kier alpha value is -3.11. The highest BCUT2D eigenvalue weighted by Gasteiger charge is 2.36. The van der Waals surface area contributed by atoms with Crippen molar-refractivity contribution in [2.24, 2.45) is 10.9 Å². The van der Waals surface area contributed by atoms with E-state index in [1.165, 1.54) is 23.9 Å². The molecule has 4 saturated heterocycles. The average Bonchev–Trinajstić information content (AvgIpc) is 3.42. The van der Waals surface area contributed by atoms with Crippen molar-refractivity contribution < 1.29 is 18.0 Å². The summed E-state index contributed by atoms with van der Waals surface area (Å²) in [6, 6.07) is 10.2. The Morgan fingerprint density at radius 3 is 2.73 bits per heavy atom. The first-order valence-electron chi connectivity index (χ1n) is 12.4. The molecule has 0 spiro atoms. The molecular formula is C27H26F3N5OS. The number of alkyl halides is 3. The largest absolute Gasteiger partial charge is 0.416 e. The minimum absolute atomic E-state index is 0.0106. The predicted molar refractivity (Wildman–Crippen MR) is 139 cm³/mol. The number of halogens is 3. The number of hydrogen-bond donors (Lipinski definition) is 1. The fourth-order valence-electron chi connectivity index (χ4n) is 5.45. The molecule has 1 aromatic heterocycles. The molecule has 0 aliphatic carbocycles. The smallest absolute Gasteiger partial charge is 0.301 e. The zero-order valence-electron chi connectivity index (χ0n) is 20.3. The Kier molecular flexibility index (Phi) is 6.11. The number of aryl methyl sites for hydroxylation is 1. The first kappa shape index (κ1) is 24.2. The third kappa shape index (κ3) is 4.92. The maximum absolute atomic E-state index is 13.6. The summed E-state index contributed by atoms with van der Waals surface area (Å²) in [5.74, 6) is 0.425.